The SMILES string of the molecule is O=C1CCC(COc2ccc3ccccc3n2)N1. The Kier molecular flexibility index (Phi) is 2.84. The number of carbonyl (C=O) groups is 1. The lowest BCUT2D eigenvalue weighted by molar-refractivity contribution is -0.119. The average Bonchev–Trinajstić information content (AvgIpc) is 2.82. The molecule has 92 valence electrons. The van der Waals surface area contributed by atoms with Crippen LogP contribution in [-0.4, -0.2) is 23.5 Å². The van der Waals surface area contributed by atoms with Gasteiger partial charge >= 0.3 is 0 Å². The van der Waals surface area contributed by atoms with Crippen LogP contribution in [-0.2, 0) is 4.79 Å². The molecule has 0 radical (unpaired) electrons. The van der Waals surface area contributed by atoms with Crippen molar-refractivity contribution in [1.82, 2.24) is 10.3 Å². The molecule has 18 heavy (non-hydrogen) atoms. The highest BCUT2D eigenvalue weighted by Crippen LogP contribution is 2.17. The first-order valence-corrected chi connectivity index (χ1v) is 6.09. The molecule has 1 unspecified atom stereocenters. The van der Waals surface area contributed by atoms with E-state index in [0.29, 0.717) is 18.9 Å². The number of nitrogens with zero attached hydrogens (tertiary/aromatic N) is 1. The van der Waals surface area contributed by atoms with E-state index in [1.807, 2.05) is 36.4 Å². The van der Waals surface area contributed by atoms with Crippen LogP contribution in [0.3, 0.4) is 0 Å². The van der Waals surface area contributed by atoms with Gasteiger partial charge in [-0.25, -0.2) is 4.98 Å². The van der Waals surface area contributed by atoms with Crippen LogP contribution in [0.5, 0.6) is 5.88 Å². The lowest BCUT2D eigenvalue weighted by atomic mass is 10.2. The monoisotopic (exact) mass is 242 g/mol. The van der Waals surface area contributed by atoms with Crippen molar-refractivity contribution in [2.75, 3.05) is 6.61 Å². The van der Waals surface area contributed by atoms with E-state index in [1.54, 1.807) is 0 Å². The Labute approximate surface area is 105 Å². The summed E-state index contributed by atoms with van der Waals surface area (Å²) in [5, 5.41) is 3.97. The van der Waals surface area contributed by atoms with Gasteiger partial charge < -0.3 is 10.1 Å². The fourth-order valence-corrected chi connectivity index (χ4v) is 2.12. The van der Waals surface area contributed by atoms with Gasteiger partial charge in [0.1, 0.15) is 6.61 Å². The predicted octanol–water partition coefficient (Wildman–Crippen LogP) is 1.89. The maximum atomic E-state index is 11.1. The number of hydrogen-bond acceptors (Lipinski definition) is 3. The molecule has 1 N–H and O–H groups in total. The van der Waals surface area contributed by atoms with E-state index in [2.05, 4.69) is 10.3 Å². The number of aromatic nitrogens is 1. The summed E-state index contributed by atoms with van der Waals surface area (Å²) in [4.78, 5) is 15.5. The van der Waals surface area contributed by atoms with E-state index in [1.165, 1.54) is 0 Å². The molecule has 2 heterocycles. The molecule has 0 bridgehead atoms. The smallest absolute Gasteiger partial charge is 0.220 e. The van der Waals surface area contributed by atoms with E-state index in [4.69, 9.17) is 4.74 Å². The Balaban J connectivity index is 1.69. The molecule has 0 spiro atoms. The maximum absolute atomic E-state index is 11.1. The largest absolute Gasteiger partial charge is 0.475 e. The molecule has 1 amide bonds. The van der Waals surface area contributed by atoms with Gasteiger partial charge in [0, 0.05) is 17.9 Å². The van der Waals surface area contributed by atoms with Crippen molar-refractivity contribution in [2.45, 2.75) is 18.9 Å². The Morgan fingerprint density at radius 1 is 1.28 bits per heavy atom. The Bertz CT molecular complexity index is 583. The molecule has 1 aliphatic heterocycles. The summed E-state index contributed by atoms with van der Waals surface area (Å²) in [7, 11) is 0. The van der Waals surface area contributed by atoms with Crippen LogP contribution in [0.2, 0.25) is 0 Å². The van der Waals surface area contributed by atoms with Gasteiger partial charge in [0.2, 0.25) is 11.8 Å². The molecule has 1 aromatic heterocycles. The van der Waals surface area contributed by atoms with Crippen LogP contribution in [0, 0.1) is 0 Å². The number of carbonyl (C=O) groups excluding carboxylic acids is 1. The summed E-state index contributed by atoms with van der Waals surface area (Å²) < 4.78 is 5.62. The van der Waals surface area contributed by atoms with Gasteiger partial charge in [0.05, 0.1) is 11.6 Å². The number of benzene rings is 1. The van der Waals surface area contributed by atoms with Crippen molar-refractivity contribution < 1.29 is 9.53 Å². The summed E-state index contributed by atoms with van der Waals surface area (Å²) in [5.74, 6) is 0.713. The number of ether oxygens (including phenoxy) is 1. The fraction of sp³-hybridized carbons (Fsp3) is 0.286. The van der Waals surface area contributed by atoms with Crippen molar-refractivity contribution in [1.29, 1.82) is 0 Å². The first kappa shape index (κ1) is 11.0. The molecule has 1 aromatic carbocycles. The molecule has 4 heteroatoms. The molecule has 4 nitrogen and oxygen atoms in total. The van der Waals surface area contributed by atoms with Crippen LogP contribution in [0.1, 0.15) is 12.8 Å². The second-order valence-corrected chi connectivity index (χ2v) is 4.46. The average molecular weight is 242 g/mol. The summed E-state index contributed by atoms with van der Waals surface area (Å²) in [6.07, 6.45) is 1.44. The molecule has 2 aromatic rings. The normalized spacial score (nSPS) is 18.9. The van der Waals surface area contributed by atoms with E-state index in [0.717, 1.165) is 17.3 Å². The van der Waals surface area contributed by atoms with Crippen molar-refractivity contribution in [2.24, 2.45) is 0 Å². The highest BCUT2D eigenvalue weighted by molar-refractivity contribution is 5.79. The van der Waals surface area contributed by atoms with Gasteiger partial charge in [0.15, 0.2) is 0 Å². The maximum Gasteiger partial charge on any atom is 0.220 e. The molecule has 0 aliphatic carbocycles. The minimum absolute atomic E-state index is 0.107. The lowest BCUT2D eigenvalue weighted by Gasteiger charge is -2.11. The number of amides is 1. The Hall–Kier alpha value is -2.10. The third kappa shape index (κ3) is 2.27. The summed E-state index contributed by atoms with van der Waals surface area (Å²) in [5.41, 5.74) is 0.922. The fourth-order valence-electron chi connectivity index (χ4n) is 2.12. The van der Waals surface area contributed by atoms with Crippen LogP contribution in [0.15, 0.2) is 36.4 Å². The molecule has 1 aliphatic rings. The number of hydrogen-bond donors (Lipinski definition) is 1. The first-order valence-electron chi connectivity index (χ1n) is 6.09. The molecular weight excluding hydrogens is 228 g/mol. The third-order valence-electron chi connectivity index (χ3n) is 3.09. The Morgan fingerprint density at radius 2 is 2.17 bits per heavy atom. The number of para-hydroxylation sites is 1. The van der Waals surface area contributed by atoms with E-state index < -0.39 is 0 Å². The van der Waals surface area contributed by atoms with E-state index >= 15 is 0 Å². The molecule has 0 saturated carbocycles. The third-order valence-corrected chi connectivity index (χ3v) is 3.09. The molecule has 1 atom stereocenters. The van der Waals surface area contributed by atoms with Crippen LogP contribution < -0.4 is 10.1 Å². The second-order valence-electron chi connectivity index (χ2n) is 4.46. The second kappa shape index (κ2) is 4.64. The van der Waals surface area contributed by atoms with Crippen molar-refractivity contribution >= 4 is 16.8 Å². The van der Waals surface area contributed by atoms with Crippen LogP contribution in [0.4, 0.5) is 0 Å². The highest BCUT2D eigenvalue weighted by Gasteiger charge is 2.21. The number of rotatable bonds is 3. The van der Waals surface area contributed by atoms with Gasteiger partial charge in [-0.15, -0.1) is 0 Å². The molecule has 1 fully saturated rings. The zero-order valence-electron chi connectivity index (χ0n) is 9.93. The summed E-state index contributed by atoms with van der Waals surface area (Å²) in [6.45, 7) is 0.483. The molecular formula is C14H14N2O2. The van der Waals surface area contributed by atoms with Gasteiger partial charge in [0.25, 0.3) is 0 Å². The lowest BCUT2D eigenvalue weighted by Crippen LogP contribution is -2.30. The number of pyridine rings is 1. The van der Waals surface area contributed by atoms with Crippen molar-refractivity contribution in [3.63, 3.8) is 0 Å². The molecule has 3 rings (SSSR count). The zero-order chi connectivity index (χ0) is 12.4. The highest BCUT2D eigenvalue weighted by atomic mass is 16.5. The Morgan fingerprint density at radius 3 is 3.00 bits per heavy atom. The minimum Gasteiger partial charge on any atom is -0.475 e. The number of fused-ring (bicyclic) bond motifs is 1. The van der Waals surface area contributed by atoms with Crippen molar-refractivity contribution in [3.05, 3.63) is 36.4 Å². The topological polar surface area (TPSA) is 51.2 Å². The first-order chi connectivity index (χ1) is 8.81. The van der Waals surface area contributed by atoms with Gasteiger partial charge in [-0.2, -0.15) is 0 Å². The van der Waals surface area contributed by atoms with E-state index in [9.17, 15) is 4.79 Å². The van der Waals surface area contributed by atoms with E-state index in [-0.39, 0.29) is 11.9 Å². The quantitative estimate of drug-likeness (QED) is 0.894. The minimum atomic E-state index is 0.107. The zero-order valence-corrected chi connectivity index (χ0v) is 9.93. The predicted molar refractivity (Wildman–Crippen MR) is 68.4 cm³/mol. The summed E-state index contributed by atoms with van der Waals surface area (Å²) >= 11 is 0. The molecule has 1 saturated heterocycles. The van der Waals surface area contributed by atoms with Crippen LogP contribution >= 0.6 is 0 Å². The van der Waals surface area contributed by atoms with Crippen molar-refractivity contribution in [3.8, 4) is 5.88 Å². The van der Waals surface area contributed by atoms with Gasteiger partial charge in [-0.3, -0.25) is 4.79 Å². The van der Waals surface area contributed by atoms with Gasteiger partial charge in [-0.05, 0) is 18.6 Å². The summed E-state index contributed by atoms with van der Waals surface area (Å²) in [6, 6.07) is 11.9. The number of nitrogens with one attached hydrogen (secondary N) is 1. The standard InChI is InChI=1S/C14H14N2O2/c17-13-7-6-11(15-13)9-18-14-8-5-10-3-1-2-4-12(10)16-14/h1-5,8,11H,6-7,9H2,(H,15,17). The van der Waals surface area contributed by atoms with Crippen LogP contribution in [0.25, 0.3) is 10.9 Å². The van der Waals surface area contributed by atoms with Gasteiger partial charge in [-0.1, -0.05) is 18.2 Å².